The van der Waals surface area contributed by atoms with Gasteiger partial charge < -0.3 is 29.5 Å². The molecule has 0 saturated carbocycles. The lowest BCUT2D eigenvalue weighted by molar-refractivity contribution is -0.193. The number of likely N-dealkylation sites (tertiary alicyclic amines) is 1. The number of pyridine rings is 1. The van der Waals surface area contributed by atoms with E-state index in [0.717, 1.165) is 19.4 Å². The number of alkyl halides is 6. The molecule has 1 aromatic rings. The van der Waals surface area contributed by atoms with E-state index in [1.54, 1.807) is 12.3 Å². The Hall–Kier alpha value is -2.98. The van der Waals surface area contributed by atoms with Gasteiger partial charge in [0.1, 0.15) is 11.3 Å². The van der Waals surface area contributed by atoms with Gasteiger partial charge in [0, 0.05) is 19.3 Å². The first-order valence-corrected chi connectivity index (χ1v) is 11.9. The molecule has 39 heavy (non-hydrogen) atoms. The van der Waals surface area contributed by atoms with Crippen molar-refractivity contribution in [2.45, 2.75) is 49.7 Å². The third-order valence-corrected chi connectivity index (χ3v) is 6.01. The van der Waals surface area contributed by atoms with E-state index in [1.807, 2.05) is 17.0 Å². The van der Waals surface area contributed by atoms with Gasteiger partial charge >= 0.3 is 24.3 Å². The Morgan fingerprint density at radius 2 is 1.59 bits per heavy atom. The predicted molar refractivity (Wildman–Crippen MR) is 121 cm³/mol. The molecule has 0 bridgehead atoms. The van der Waals surface area contributed by atoms with Crippen molar-refractivity contribution in [3.8, 4) is 0 Å². The van der Waals surface area contributed by atoms with E-state index in [2.05, 4.69) is 9.88 Å². The standard InChI is InChI=1S/C19H27N3O3.2C2HF3O2/c23-18(17-5-1-2-8-20-17)22-11-12-24-15-19(14-22)7-6-16(25-19)13-21-9-3-4-10-21;2*3-2(4,5)1(6)7/h1-2,5,8,16H,3-4,6-7,9-15H2;2*(H,6,7). The van der Waals surface area contributed by atoms with Crippen molar-refractivity contribution in [3.63, 3.8) is 0 Å². The molecule has 0 aromatic carbocycles. The maximum Gasteiger partial charge on any atom is 0.490 e. The number of amides is 1. The quantitative estimate of drug-likeness (QED) is 0.525. The fourth-order valence-electron chi connectivity index (χ4n) is 4.23. The summed E-state index contributed by atoms with van der Waals surface area (Å²) >= 11 is 0. The lowest BCUT2D eigenvalue weighted by Crippen LogP contribution is -2.47. The molecule has 0 radical (unpaired) electrons. The molecular formula is C23H29F6N3O7. The third kappa shape index (κ3) is 10.6. The zero-order chi connectivity index (χ0) is 29.3. The second kappa shape index (κ2) is 13.9. The van der Waals surface area contributed by atoms with Gasteiger partial charge in [0.05, 0.1) is 25.9 Å². The highest BCUT2D eigenvalue weighted by Gasteiger charge is 2.44. The maximum atomic E-state index is 12.8. The van der Waals surface area contributed by atoms with Gasteiger partial charge in [-0.3, -0.25) is 9.78 Å². The van der Waals surface area contributed by atoms with Crippen LogP contribution in [0.4, 0.5) is 26.3 Å². The molecule has 3 aliphatic rings. The molecule has 2 N–H and O–H groups in total. The van der Waals surface area contributed by atoms with Crippen molar-refractivity contribution < 1.29 is 60.4 Å². The molecule has 1 aromatic heterocycles. The lowest BCUT2D eigenvalue weighted by Gasteiger charge is -2.32. The highest BCUT2D eigenvalue weighted by molar-refractivity contribution is 5.92. The van der Waals surface area contributed by atoms with Gasteiger partial charge in [-0.1, -0.05) is 6.07 Å². The summed E-state index contributed by atoms with van der Waals surface area (Å²) in [5, 5.41) is 14.2. The molecule has 4 heterocycles. The van der Waals surface area contributed by atoms with Crippen LogP contribution in [0, 0.1) is 0 Å². The summed E-state index contributed by atoms with van der Waals surface area (Å²) < 4.78 is 75.8. The summed E-state index contributed by atoms with van der Waals surface area (Å²) in [6, 6.07) is 5.45. The largest absolute Gasteiger partial charge is 0.490 e. The highest BCUT2D eigenvalue weighted by Crippen LogP contribution is 2.34. The van der Waals surface area contributed by atoms with Gasteiger partial charge in [0.25, 0.3) is 5.91 Å². The van der Waals surface area contributed by atoms with Gasteiger partial charge in [-0.05, 0) is 50.9 Å². The Bertz CT molecular complexity index is 934. The van der Waals surface area contributed by atoms with E-state index in [-0.39, 0.29) is 17.6 Å². The number of aromatic nitrogens is 1. The number of carbonyl (C=O) groups excluding carboxylic acids is 1. The summed E-state index contributed by atoms with van der Waals surface area (Å²) in [5.74, 6) is -5.54. The SMILES string of the molecule is O=C(O)C(F)(F)F.O=C(O)C(F)(F)F.O=C(c1ccccn1)N1CCOCC2(CCC(CN3CCCC3)O2)C1. The lowest BCUT2D eigenvalue weighted by atomic mass is 10.00. The zero-order valence-electron chi connectivity index (χ0n) is 20.7. The van der Waals surface area contributed by atoms with E-state index in [4.69, 9.17) is 29.3 Å². The molecule has 10 nitrogen and oxygen atoms in total. The molecule has 1 spiro atoms. The van der Waals surface area contributed by atoms with E-state index in [9.17, 15) is 31.1 Å². The monoisotopic (exact) mass is 573 g/mol. The number of hydrogen-bond donors (Lipinski definition) is 2. The molecule has 3 aliphatic heterocycles. The fraction of sp³-hybridized carbons (Fsp3) is 0.652. The van der Waals surface area contributed by atoms with Gasteiger partial charge in [-0.15, -0.1) is 0 Å². The molecule has 3 saturated heterocycles. The minimum atomic E-state index is -5.08. The number of nitrogens with zero attached hydrogens (tertiary/aromatic N) is 3. The van der Waals surface area contributed by atoms with Crippen LogP contribution < -0.4 is 0 Å². The smallest absolute Gasteiger partial charge is 0.475 e. The van der Waals surface area contributed by atoms with Gasteiger partial charge in [-0.2, -0.15) is 26.3 Å². The van der Waals surface area contributed by atoms with Crippen LogP contribution in [0.15, 0.2) is 24.4 Å². The Labute approximate surface area is 219 Å². The highest BCUT2D eigenvalue weighted by atomic mass is 19.4. The first-order valence-electron chi connectivity index (χ1n) is 11.9. The Balaban J connectivity index is 0.000000317. The minimum Gasteiger partial charge on any atom is -0.475 e. The van der Waals surface area contributed by atoms with Gasteiger partial charge in [0.2, 0.25) is 0 Å². The molecule has 0 aliphatic carbocycles. The normalized spacial score (nSPS) is 23.7. The number of carboxylic acid groups (broad SMARTS) is 2. The average Bonchev–Trinajstić information content (AvgIpc) is 3.45. The Kier molecular flexibility index (Phi) is 11.5. The molecule has 3 fully saturated rings. The first kappa shape index (κ1) is 32.2. The number of halogens is 6. The number of rotatable bonds is 3. The summed E-state index contributed by atoms with van der Waals surface area (Å²) in [4.78, 5) is 39.1. The average molecular weight is 573 g/mol. The zero-order valence-corrected chi connectivity index (χ0v) is 20.7. The van der Waals surface area contributed by atoms with Crippen molar-refractivity contribution in [2.75, 3.05) is 45.9 Å². The van der Waals surface area contributed by atoms with Crippen LogP contribution >= 0.6 is 0 Å². The minimum absolute atomic E-state index is 0.0305. The number of ether oxygens (including phenoxy) is 2. The molecule has 16 heteroatoms. The van der Waals surface area contributed by atoms with Crippen molar-refractivity contribution in [1.29, 1.82) is 0 Å². The van der Waals surface area contributed by atoms with Crippen LogP contribution in [0.2, 0.25) is 0 Å². The van der Waals surface area contributed by atoms with Crippen molar-refractivity contribution in [2.24, 2.45) is 0 Å². The van der Waals surface area contributed by atoms with Crippen molar-refractivity contribution in [1.82, 2.24) is 14.8 Å². The topological polar surface area (TPSA) is 129 Å². The van der Waals surface area contributed by atoms with Crippen LogP contribution in [-0.4, -0.2) is 113 Å². The predicted octanol–water partition coefficient (Wildman–Crippen LogP) is 2.83. The Morgan fingerprint density at radius 3 is 2.10 bits per heavy atom. The van der Waals surface area contributed by atoms with E-state index in [0.29, 0.717) is 32.0 Å². The molecule has 4 rings (SSSR count). The van der Waals surface area contributed by atoms with Crippen molar-refractivity contribution in [3.05, 3.63) is 30.1 Å². The summed E-state index contributed by atoms with van der Waals surface area (Å²) in [5.41, 5.74) is 0.136. The first-order chi connectivity index (χ1) is 18.1. The fourth-order valence-corrected chi connectivity index (χ4v) is 4.23. The maximum absolute atomic E-state index is 12.8. The van der Waals surface area contributed by atoms with Crippen LogP contribution in [0.25, 0.3) is 0 Å². The Morgan fingerprint density at radius 1 is 1.00 bits per heavy atom. The molecule has 220 valence electrons. The van der Waals surface area contributed by atoms with E-state index < -0.39 is 24.3 Å². The summed E-state index contributed by atoms with van der Waals surface area (Å²) in [6.07, 6.45) is -3.65. The second-order valence-corrected chi connectivity index (χ2v) is 9.07. The van der Waals surface area contributed by atoms with Gasteiger partial charge in [0.15, 0.2) is 0 Å². The number of hydrogen-bond acceptors (Lipinski definition) is 7. The van der Waals surface area contributed by atoms with Crippen LogP contribution in [0.5, 0.6) is 0 Å². The molecular weight excluding hydrogens is 544 g/mol. The van der Waals surface area contributed by atoms with Crippen LogP contribution in [-0.2, 0) is 19.1 Å². The number of aliphatic carboxylic acids is 2. The number of carbonyl (C=O) groups is 3. The van der Waals surface area contributed by atoms with E-state index in [1.165, 1.54) is 25.9 Å². The van der Waals surface area contributed by atoms with E-state index >= 15 is 0 Å². The number of carboxylic acids is 2. The molecule has 1 amide bonds. The molecule has 2 atom stereocenters. The second-order valence-electron chi connectivity index (χ2n) is 9.07. The summed E-state index contributed by atoms with van der Waals surface area (Å²) in [6.45, 7) is 5.71. The van der Waals surface area contributed by atoms with Gasteiger partial charge in [-0.25, -0.2) is 9.59 Å². The third-order valence-electron chi connectivity index (χ3n) is 6.01. The van der Waals surface area contributed by atoms with Crippen molar-refractivity contribution >= 4 is 17.8 Å². The van der Waals surface area contributed by atoms with Crippen LogP contribution in [0.3, 0.4) is 0 Å². The summed E-state index contributed by atoms with van der Waals surface area (Å²) in [7, 11) is 0. The van der Waals surface area contributed by atoms with Crippen LogP contribution in [0.1, 0.15) is 36.2 Å². The molecule has 2 unspecified atom stereocenters.